The highest BCUT2D eigenvalue weighted by Crippen LogP contribution is 2.38. The minimum atomic E-state index is -0.412. The first-order valence-electron chi connectivity index (χ1n) is 5.83. The van der Waals surface area contributed by atoms with Crippen LogP contribution in [0.25, 0.3) is 0 Å². The monoisotopic (exact) mass is 275 g/mol. The van der Waals surface area contributed by atoms with E-state index in [0.29, 0.717) is 5.41 Å². The molecule has 1 fully saturated rings. The van der Waals surface area contributed by atoms with Crippen molar-refractivity contribution in [2.24, 2.45) is 5.41 Å². The third-order valence-corrected chi connectivity index (χ3v) is 4.07. The number of alkyl halides is 1. The van der Waals surface area contributed by atoms with E-state index in [1.165, 1.54) is 12.8 Å². The molecule has 1 rings (SSSR count). The van der Waals surface area contributed by atoms with Crippen molar-refractivity contribution in [1.82, 2.24) is 4.90 Å². The SMILES string of the molecule is CCC1(CC)CCN(C(=O)C(C)(C)Br)C1. The van der Waals surface area contributed by atoms with Gasteiger partial charge in [-0.3, -0.25) is 4.79 Å². The number of halogens is 1. The van der Waals surface area contributed by atoms with E-state index in [9.17, 15) is 4.79 Å². The van der Waals surface area contributed by atoms with Gasteiger partial charge in [-0.25, -0.2) is 0 Å². The number of carbonyl (C=O) groups excluding carboxylic acids is 1. The van der Waals surface area contributed by atoms with Crippen LogP contribution in [0.15, 0.2) is 0 Å². The Morgan fingerprint density at radius 2 is 1.93 bits per heavy atom. The van der Waals surface area contributed by atoms with E-state index >= 15 is 0 Å². The fourth-order valence-corrected chi connectivity index (χ4v) is 2.56. The quantitative estimate of drug-likeness (QED) is 0.725. The number of carbonyl (C=O) groups is 1. The summed E-state index contributed by atoms with van der Waals surface area (Å²) in [6.07, 6.45) is 3.51. The van der Waals surface area contributed by atoms with Crippen LogP contribution in [0.5, 0.6) is 0 Å². The highest BCUT2D eigenvalue weighted by atomic mass is 79.9. The zero-order valence-electron chi connectivity index (χ0n) is 10.3. The maximum atomic E-state index is 12.1. The van der Waals surface area contributed by atoms with Crippen LogP contribution in [0.3, 0.4) is 0 Å². The maximum Gasteiger partial charge on any atom is 0.238 e. The Kier molecular flexibility index (Phi) is 3.85. The van der Waals surface area contributed by atoms with E-state index in [0.717, 1.165) is 19.5 Å². The molecule has 0 unspecified atom stereocenters. The van der Waals surface area contributed by atoms with Crippen LogP contribution >= 0.6 is 15.9 Å². The van der Waals surface area contributed by atoms with Crippen molar-refractivity contribution in [2.75, 3.05) is 13.1 Å². The van der Waals surface area contributed by atoms with Gasteiger partial charge < -0.3 is 4.90 Å². The molecule has 1 heterocycles. The average Bonchev–Trinajstić information content (AvgIpc) is 2.60. The molecule has 0 aromatic rings. The molecule has 3 heteroatoms. The zero-order valence-corrected chi connectivity index (χ0v) is 11.9. The van der Waals surface area contributed by atoms with Crippen molar-refractivity contribution in [3.8, 4) is 0 Å². The standard InChI is InChI=1S/C12H22BrNO/c1-5-12(6-2)7-8-14(9-12)10(15)11(3,4)13/h5-9H2,1-4H3. The summed E-state index contributed by atoms with van der Waals surface area (Å²) < 4.78 is -0.412. The van der Waals surface area contributed by atoms with E-state index in [1.807, 2.05) is 18.7 Å². The van der Waals surface area contributed by atoms with Crippen molar-refractivity contribution in [3.63, 3.8) is 0 Å². The summed E-state index contributed by atoms with van der Waals surface area (Å²) in [5, 5.41) is 0. The number of likely N-dealkylation sites (tertiary alicyclic amines) is 1. The predicted octanol–water partition coefficient (Wildman–Crippen LogP) is 3.20. The molecule has 1 amide bonds. The maximum absolute atomic E-state index is 12.1. The lowest BCUT2D eigenvalue weighted by Gasteiger charge is -2.28. The van der Waals surface area contributed by atoms with Crippen molar-refractivity contribution < 1.29 is 4.79 Å². The molecule has 0 radical (unpaired) electrons. The Balaban J connectivity index is 2.68. The Morgan fingerprint density at radius 1 is 1.40 bits per heavy atom. The van der Waals surface area contributed by atoms with Crippen LogP contribution in [0.4, 0.5) is 0 Å². The number of hydrogen-bond acceptors (Lipinski definition) is 1. The van der Waals surface area contributed by atoms with E-state index in [2.05, 4.69) is 29.8 Å². The summed E-state index contributed by atoms with van der Waals surface area (Å²) in [6.45, 7) is 10.2. The number of hydrogen-bond donors (Lipinski definition) is 0. The van der Waals surface area contributed by atoms with Crippen LogP contribution in [-0.2, 0) is 4.79 Å². The lowest BCUT2D eigenvalue weighted by Crippen LogP contribution is -2.41. The summed E-state index contributed by atoms with van der Waals surface area (Å²) in [5.74, 6) is 0.228. The second-order valence-corrected chi connectivity index (χ2v) is 7.14. The molecular weight excluding hydrogens is 254 g/mol. The molecule has 0 aromatic carbocycles. The van der Waals surface area contributed by atoms with Crippen molar-refractivity contribution in [1.29, 1.82) is 0 Å². The normalized spacial score (nSPS) is 20.7. The Labute approximate surface area is 102 Å². The lowest BCUT2D eigenvalue weighted by atomic mass is 9.82. The van der Waals surface area contributed by atoms with Gasteiger partial charge in [-0.15, -0.1) is 0 Å². The van der Waals surface area contributed by atoms with Gasteiger partial charge in [-0.05, 0) is 38.5 Å². The summed E-state index contributed by atoms with van der Waals surface area (Å²) in [7, 11) is 0. The summed E-state index contributed by atoms with van der Waals surface area (Å²) >= 11 is 3.44. The van der Waals surface area contributed by atoms with Gasteiger partial charge in [0.2, 0.25) is 5.91 Å². The first kappa shape index (κ1) is 13.0. The fourth-order valence-electron chi connectivity index (χ4n) is 2.31. The topological polar surface area (TPSA) is 20.3 Å². The van der Waals surface area contributed by atoms with Crippen LogP contribution < -0.4 is 0 Å². The minimum absolute atomic E-state index is 0.228. The van der Waals surface area contributed by atoms with Crippen LogP contribution in [0.1, 0.15) is 47.0 Å². The van der Waals surface area contributed by atoms with Gasteiger partial charge >= 0.3 is 0 Å². The van der Waals surface area contributed by atoms with Gasteiger partial charge in [-0.2, -0.15) is 0 Å². The molecule has 1 saturated heterocycles. The molecule has 15 heavy (non-hydrogen) atoms. The van der Waals surface area contributed by atoms with Crippen molar-refractivity contribution >= 4 is 21.8 Å². The van der Waals surface area contributed by atoms with Gasteiger partial charge in [0.1, 0.15) is 0 Å². The van der Waals surface area contributed by atoms with E-state index in [1.54, 1.807) is 0 Å². The molecule has 0 N–H and O–H groups in total. The van der Waals surface area contributed by atoms with Crippen molar-refractivity contribution in [2.45, 2.75) is 51.3 Å². The molecule has 0 atom stereocenters. The van der Waals surface area contributed by atoms with Gasteiger partial charge in [-0.1, -0.05) is 29.8 Å². The summed E-state index contributed by atoms with van der Waals surface area (Å²) in [4.78, 5) is 14.1. The molecule has 2 nitrogen and oxygen atoms in total. The Hall–Kier alpha value is -0.0500. The van der Waals surface area contributed by atoms with E-state index in [4.69, 9.17) is 0 Å². The molecule has 1 aliphatic heterocycles. The number of amides is 1. The number of nitrogens with zero attached hydrogens (tertiary/aromatic N) is 1. The average molecular weight is 276 g/mol. The number of rotatable bonds is 3. The third-order valence-electron chi connectivity index (χ3n) is 3.73. The highest BCUT2D eigenvalue weighted by Gasteiger charge is 2.40. The molecule has 88 valence electrons. The van der Waals surface area contributed by atoms with Gasteiger partial charge in [0.15, 0.2) is 0 Å². The lowest BCUT2D eigenvalue weighted by molar-refractivity contribution is -0.132. The second-order valence-electron chi connectivity index (χ2n) is 5.16. The van der Waals surface area contributed by atoms with Crippen LogP contribution in [-0.4, -0.2) is 28.2 Å². The molecule has 0 aliphatic carbocycles. The smallest absolute Gasteiger partial charge is 0.238 e. The molecule has 0 saturated carbocycles. The molecular formula is C12H22BrNO. The van der Waals surface area contributed by atoms with E-state index < -0.39 is 4.32 Å². The zero-order chi connectivity index (χ0) is 11.7. The van der Waals surface area contributed by atoms with E-state index in [-0.39, 0.29) is 5.91 Å². The predicted molar refractivity (Wildman–Crippen MR) is 67.2 cm³/mol. The largest absolute Gasteiger partial charge is 0.341 e. The Morgan fingerprint density at radius 3 is 2.27 bits per heavy atom. The van der Waals surface area contributed by atoms with Crippen molar-refractivity contribution in [3.05, 3.63) is 0 Å². The molecule has 0 bridgehead atoms. The molecule has 0 aromatic heterocycles. The molecule has 0 spiro atoms. The minimum Gasteiger partial charge on any atom is -0.341 e. The fraction of sp³-hybridized carbons (Fsp3) is 0.917. The first-order valence-corrected chi connectivity index (χ1v) is 6.62. The van der Waals surface area contributed by atoms with Gasteiger partial charge in [0, 0.05) is 13.1 Å². The molecule has 1 aliphatic rings. The Bertz CT molecular complexity index is 240. The van der Waals surface area contributed by atoms with Gasteiger partial charge in [0.05, 0.1) is 4.32 Å². The third kappa shape index (κ3) is 2.74. The van der Waals surface area contributed by atoms with Crippen LogP contribution in [0, 0.1) is 5.41 Å². The highest BCUT2D eigenvalue weighted by molar-refractivity contribution is 9.10. The first-order chi connectivity index (χ1) is 6.84. The summed E-state index contributed by atoms with van der Waals surface area (Å²) in [5.41, 5.74) is 0.383. The second kappa shape index (κ2) is 4.44. The van der Waals surface area contributed by atoms with Crippen LogP contribution in [0.2, 0.25) is 0 Å². The van der Waals surface area contributed by atoms with Gasteiger partial charge in [0.25, 0.3) is 0 Å². The summed E-state index contributed by atoms with van der Waals surface area (Å²) in [6, 6.07) is 0.